The SMILES string of the molecule is CC(C)(C)c1ccc2c(c1)[CH]([Zr+2]([CH3])([C]1=CC=CC1)([c]1ccccc1)[c]1ccccc1)c1cc(C(C)(C)C)ccc1-2.[Cl-].[Cl-]. The first-order chi connectivity index (χ1) is 18.9. The molecule has 0 heterocycles. The van der Waals surface area contributed by atoms with Gasteiger partial charge in [0.05, 0.1) is 0 Å². The van der Waals surface area contributed by atoms with Crippen molar-refractivity contribution in [3.05, 3.63) is 141 Å². The fraction of sp³-hybridized carbons (Fsp3) is 0.282. The largest absolute Gasteiger partial charge is 1.00 e. The van der Waals surface area contributed by atoms with Crippen LogP contribution < -0.4 is 31.4 Å². The molecule has 4 aromatic rings. The number of rotatable bonds is 4. The van der Waals surface area contributed by atoms with Gasteiger partial charge in [-0.15, -0.1) is 0 Å². The van der Waals surface area contributed by atoms with Crippen molar-refractivity contribution in [1.82, 2.24) is 0 Å². The van der Waals surface area contributed by atoms with E-state index in [0.29, 0.717) is 3.63 Å². The van der Waals surface area contributed by atoms with E-state index in [-0.39, 0.29) is 35.6 Å². The quantitative estimate of drug-likeness (QED) is 0.311. The predicted octanol–water partition coefficient (Wildman–Crippen LogP) is 3.59. The first-order valence-corrected chi connectivity index (χ1v) is 22.4. The topological polar surface area (TPSA) is 0 Å². The normalized spacial score (nSPS) is 14.9. The van der Waals surface area contributed by atoms with Crippen LogP contribution in [-0.2, 0) is 29.6 Å². The van der Waals surface area contributed by atoms with Gasteiger partial charge < -0.3 is 24.8 Å². The second-order valence-corrected chi connectivity index (χ2v) is 29.4. The number of allylic oxidation sites excluding steroid dienone is 4. The van der Waals surface area contributed by atoms with Crippen molar-refractivity contribution < 1.29 is 43.6 Å². The molecule has 0 saturated carbocycles. The minimum Gasteiger partial charge on any atom is -1.00 e. The van der Waals surface area contributed by atoms with Crippen molar-refractivity contribution in [3.63, 3.8) is 0 Å². The summed E-state index contributed by atoms with van der Waals surface area (Å²) in [6.07, 6.45) is 8.22. The molecule has 3 heteroatoms. The molecule has 2 aliphatic carbocycles. The maximum Gasteiger partial charge on any atom is -1.00 e. The molecule has 0 unspecified atom stereocenters. The van der Waals surface area contributed by atoms with E-state index in [2.05, 4.69) is 161 Å². The summed E-state index contributed by atoms with van der Waals surface area (Å²) >= 11 is -4.43. The van der Waals surface area contributed by atoms with Crippen LogP contribution in [0.1, 0.15) is 73.8 Å². The van der Waals surface area contributed by atoms with Crippen LogP contribution in [0.15, 0.2) is 119 Å². The molecule has 42 heavy (non-hydrogen) atoms. The molecule has 0 aliphatic heterocycles. The van der Waals surface area contributed by atoms with Crippen molar-refractivity contribution in [3.8, 4) is 11.1 Å². The standard InChI is InChI=1S/C21H25.2C6H5.C5H5.CH3.2ClH.Zr/c1-20(2,3)16-7-9-18-14(12-16)11-15-13-17(21(4,5)6)8-10-19(15)18;2*1-2-4-6-5-3-1;1-2-4-5-3-1;;;;/h7-13H,1-6H3;2*1-5H;1-3H,4H2;1H3;2*1H;/q;;;;;;;+2/p-2. The van der Waals surface area contributed by atoms with Gasteiger partial charge in [-0.3, -0.25) is 0 Å². The summed E-state index contributed by atoms with van der Waals surface area (Å²) in [5, 5.41) is 0. The maximum atomic E-state index is 2.75. The first-order valence-electron chi connectivity index (χ1n) is 14.9. The number of halogens is 2. The minimum atomic E-state index is -4.43. The van der Waals surface area contributed by atoms with E-state index in [0.717, 1.165) is 6.42 Å². The van der Waals surface area contributed by atoms with Gasteiger partial charge in [-0.2, -0.15) is 0 Å². The Hall–Kier alpha value is -2.18. The zero-order valence-corrected chi connectivity index (χ0v) is 30.0. The fourth-order valence-corrected chi connectivity index (χ4v) is 25.9. The Morgan fingerprint density at radius 2 is 1.02 bits per heavy atom. The second-order valence-electron chi connectivity index (χ2n) is 14.4. The van der Waals surface area contributed by atoms with Gasteiger partial charge in [-0.25, -0.2) is 0 Å². The van der Waals surface area contributed by atoms with E-state index >= 15 is 0 Å². The van der Waals surface area contributed by atoms with E-state index in [1.165, 1.54) is 33.4 Å². The van der Waals surface area contributed by atoms with Gasteiger partial charge in [-0.05, 0) is 0 Å². The third-order valence-electron chi connectivity index (χ3n) is 10.1. The molecule has 0 atom stereocenters. The molecule has 0 amide bonds. The summed E-state index contributed by atoms with van der Waals surface area (Å²) in [5.41, 5.74) is 8.91. The Kier molecular flexibility index (Phi) is 8.88. The van der Waals surface area contributed by atoms with Gasteiger partial charge in [0, 0.05) is 0 Å². The minimum absolute atomic E-state index is 0. The monoisotopic (exact) mass is 671 g/mol. The van der Waals surface area contributed by atoms with Crippen molar-refractivity contribution >= 4 is 6.54 Å². The molecular formula is C39H43Cl2Zr. The summed E-state index contributed by atoms with van der Waals surface area (Å²) in [6.45, 7) is 14.1. The zero-order chi connectivity index (χ0) is 28.4. The Balaban J connectivity index is 0.00000202. The zero-order valence-electron chi connectivity index (χ0n) is 26.0. The predicted molar refractivity (Wildman–Crippen MR) is 171 cm³/mol. The van der Waals surface area contributed by atoms with Crippen LogP contribution in [0.5, 0.6) is 0 Å². The van der Waals surface area contributed by atoms with Gasteiger partial charge in [0.1, 0.15) is 0 Å². The van der Waals surface area contributed by atoms with Crippen LogP contribution in [0.2, 0.25) is 4.63 Å². The molecule has 0 spiro atoms. The van der Waals surface area contributed by atoms with Crippen LogP contribution in [0.4, 0.5) is 0 Å². The van der Waals surface area contributed by atoms with Gasteiger partial charge in [-0.1, -0.05) is 0 Å². The van der Waals surface area contributed by atoms with E-state index in [4.69, 9.17) is 0 Å². The van der Waals surface area contributed by atoms with E-state index in [9.17, 15) is 0 Å². The number of hydrogen-bond donors (Lipinski definition) is 0. The number of benzene rings is 4. The van der Waals surface area contributed by atoms with Crippen molar-refractivity contribution in [1.29, 1.82) is 0 Å². The molecule has 0 fully saturated rings. The summed E-state index contributed by atoms with van der Waals surface area (Å²) in [7, 11) is 0. The van der Waals surface area contributed by atoms with Crippen LogP contribution in [0.25, 0.3) is 11.1 Å². The van der Waals surface area contributed by atoms with Gasteiger partial charge in [0.2, 0.25) is 0 Å². The van der Waals surface area contributed by atoms with Crippen molar-refractivity contribution in [2.24, 2.45) is 0 Å². The van der Waals surface area contributed by atoms with Crippen molar-refractivity contribution in [2.75, 3.05) is 0 Å². The van der Waals surface area contributed by atoms with E-state index < -0.39 is 18.8 Å². The average molecular weight is 674 g/mol. The second kappa shape index (κ2) is 11.4. The first kappa shape index (κ1) is 32.7. The summed E-state index contributed by atoms with van der Waals surface area (Å²) in [6, 6.07) is 38.1. The maximum absolute atomic E-state index is 4.43. The molecule has 0 radical (unpaired) electrons. The Labute approximate surface area is 267 Å². The Morgan fingerprint density at radius 1 is 0.595 bits per heavy atom. The molecule has 217 valence electrons. The third-order valence-corrected chi connectivity index (χ3v) is 29.1. The molecule has 0 aromatic heterocycles. The molecule has 4 aromatic carbocycles. The summed E-state index contributed by atoms with van der Waals surface area (Å²) in [4.78, 5) is 0. The Morgan fingerprint density at radius 3 is 1.38 bits per heavy atom. The average Bonchev–Trinajstić information content (AvgIpc) is 3.60. The van der Waals surface area contributed by atoms with Crippen LogP contribution in [-0.4, -0.2) is 0 Å². The molecular weight excluding hydrogens is 631 g/mol. The van der Waals surface area contributed by atoms with Crippen LogP contribution in [0.3, 0.4) is 0 Å². The van der Waals surface area contributed by atoms with Gasteiger partial charge in [0.25, 0.3) is 0 Å². The summed E-state index contributed by atoms with van der Waals surface area (Å²) < 4.78 is 7.83. The molecule has 6 rings (SSSR count). The van der Waals surface area contributed by atoms with E-state index in [1.54, 1.807) is 9.82 Å². The summed E-state index contributed by atoms with van der Waals surface area (Å²) in [5.74, 6) is 0. The van der Waals surface area contributed by atoms with Crippen LogP contribution in [0, 0.1) is 0 Å². The number of fused-ring (bicyclic) bond motifs is 3. The van der Waals surface area contributed by atoms with Gasteiger partial charge in [0.15, 0.2) is 0 Å². The van der Waals surface area contributed by atoms with E-state index in [1.807, 2.05) is 0 Å². The fourth-order valence-electron chi connectivity index (χ4n) is 7.69. The molecule has 2 aliphatic rings. The molecule has 0 nitrogen and oxygen atoms in total. The van der Waals surface area contributed by atoms with Crippen LogP contribution >= 0.6 is 0 Å². The molecule has 0 N–H and O–H groups in total. The van der Waals surface area contributed by atoms with Crippen molar-refractivity contribution in [2.45, 2.75) is 67.1 Å². The third kappa shape index (κ3) is 4.85. The smallest absolute Gasteiger partial charge is 1.00 e. The number of hydrogen-bond acceptors (Lipinski definition) is 0. The molecule has 0 bridgehead atoms. The Bertz CT molecular complexity index is 1550. The van der Waals surface area contributed by atoms with Gasteiger partial charge >= 0.3 is 244 Å². The molecule has 0 saturated heterocycles.